The highest BCUT2D eigenvalue weighted by Crippen LogP contribution is 2.06. The average Bonchev–Trinajstić information content (AvgIpc) is 2.19. The van der Waals surface area contributed by atoms with E-state index in [0.29, 0.717) is 25.0 Å². The van der Waals surface area contributed by atoms with Crippen LogP contribution in [0.2, 0.25) is 0 Å². The normalized spacial score (nSPS) is 9.69. The van der Waals surface area contributed by atoms with Crippen LogP contribution in [0.5, 0.6) is 5.88 Å². The maximum atomic E-state index is 4.94. The van der Waals surface area contributed by atoms with Crippen LogP contribution in [0, 0.1) is 0 Å². The van der Waals surface area contributed by atoms with Gasteiger partial charge in [-0.25, -0.2) is 4.98 Å². The molecule has 0 aliphatic rings. The van der Waals surface area contributed by atoms with Crippen LogP contribution in [0.1, 0.15) is 0 Å². The summed E-state index contributed by atoms with van der Waals surface area (Å²) in [5.74, 6) is 1.10. The van der Waals surface area contributed by atoms with Crippen molar-refractivity contribution in [2.24, 2.45) is 0 Å². The van der Waals surface area contributed by atoms with Crippen LogP contribution >= 0.6 is 0 Å². The molecule has 0 aliphatic heterocycles. The molecule has 1 aromatic rings. The summed E-state index contributed by atoms with van der Waals surface area (Å²) in [6, 6.07) is 1.70. The largest absolute Gasteiger partial charge is 0.481 e. The zero-order chi connectivity index (χ0) is 9.52. The average molecular weight is 183 g/mol. The van der Waals surface area contributed by atoms with Crippen molar-refractivity contribution in [3.8, 4) is 5.88 Å². The Bertz CT molecular complexity index is 255. The second kappa shape index (κ2) is 5.31. The van der Waals surface area contributed by atoms with Crippen molar-refractivity contribution in [2.45, 2.75) is 0 Å². The first-order valence-electron chi connectivity index (χ1n) is 3.96. The van der Waals surface area contributed by atoms with Gasteiger partial charge in [0.05, 0.1) is 13.7 Å². The zero-order valence-corrected chi connectivity index (χ0v) is 7.78. The highest BCUT2D eigenvalue weighted by atomic mass is 16.5. The van der Waals surface area contributed by atoms with Gasteiger partial charge in [0.1, 0.15) is 0 Å². The van der Waals surface area contributed by atoms with Crippen LogP contribution in [0.15, 0.2) is 12.3 Å². The van der Waals surface area contributed by atoms with E-state index in [1.807, 2.05) is 0 Å². The summed E-state index contributed by atoms with van der Waals surface area (Å²) in [5.41, 5.74) is 0. The van der Waals surface area contributed by atoms with E-state index in [9.17, 15) is 0 Å². The van der Waals surface area contributed by atoms with Crippen molar-refractivity contribution in [2.75, 3.05) is 32.7 Å². The minimum atomic E-state index is 0.551. The van der Waals surface area contributed by atoms with Crippen LogP contribution in [-0.2, 0) is 4.74 Å². The number of ether oxygens (including phenoxy) is 2. The van der Waals surface area contributed by atoms with Crippen LogP contribution in [0.25, 0.3) is 0 Å². The molecular formula is C8H13N3O2. The van der Waals surface area contributed by atoms with E-state index >= 15 is 0 Å². The van der Waals surface area contributed by atoms with Gasteiger partial charge in [0, 0.05) is 25.9 Å². The second-order valence-corrected chi connectivity index (χ2v) is 2.34. The van der Waals surface area contributed by atoms with E-state index in [4.69, 9.17) is 9.47 Å². The lowest BCUT2D eigenvalue weighted by molar-refractivity contribution is 0.210. The fourth-order valence-electron chi connectivity index (χ4n) is 0.806. The predicted octanol–water partition coefficient (Wildman–Crippen LogP) is 0.543. The topological polar surface area (TPSA) is 56.3 Å². The molecule has 72 valence electrons. The van der Waals surface area contributed by atoms with Gasteiger partial charge in [-0.3, -0.25) is 0 Å². The van der Waals surface area contributed by atoms with Crippen molar-refractivity contribution < 1.29 is 9.47 Å². The number of nitrogens with zero attached hydrogens (tertiary/aromatic N) is 2. The highest BCUT2D eigenvalue weighted by molar-refractivity contribution is 5.26. The van der Waals surface area contributed by atoms with E-state index in [1.54, 1.807) is 26.5 Å². The predicted molar refractivity (Wildman–Crippen MR) is 48.9 cm³/mol. The fraction of sp³-hybridized carbons (Fsp3) is 0.500. The Labute approximate surface area is 77.1 Å². The molecule has 0 saturated carbocycles. The molecule has 0 bridgehead atoms. The van der Waals surface area contributed by atoms with Crippen LogP contribution in [-0.4, -0.2) is 37.3 Å². The first kappa shape index (κ1) is 9.73. The molecule has 0 atom stereocenters. The van der Waals surface area contributed by atoms with E-state index in [-0.39, 0.29) is 0 Å². The van der Waals surface area contributed by atoms with E-state index < -0.39 is 0 Å². The molecule has 0 spiro atoms. The smallest absolute Gasteiger partial charge is 0.226 e. The standard InChI is InChI=1S/C8H13N3O2/c1-12-6-5-10-8-9-4-3-7(11-8)13-2/h3-4H,5-6H2,1-2H3,(H,9,10,11). The highest BCUT2D eigenvalue weighted by Gasteiger charge is 1.96. The quantitative estimate of drug-likeness (QED) is 0.675. The molecule has 0 amide bonds. The van der Waals surface area contributed by atoms with Gasteiger partial charge in [-0.1, -0.05) is 0 Å². The number of hydrogen-bond donors (Lipinski definition) is 1. The third kappa shape index (κ3) is 3.25. The summed E-state index contributed by atoms with van der Waals surface area (Å²) < 4.78 is 9.81. The number of rotatable bonds is 5. The van der Waals surface area contributed by atoms with Gasteiger partial charge in [0.15, 0.2) is 0 Å². The fourth-order valence-corrected chi connectivity index (χ4v) is 0.806. The Balaban J connectivity index is 2.46. The lowest BCUT2D eigenvalue weighted by Crippen LogP contribution is -2.10. The van der Waals surface area contributed by atoms with Crippen molar-refractivity contribution >= 4 is 5.95 Å². The second-order valence-electron chi connectivity index (χ2n) is 2.34. The summed E-state index contributed by atoms with van der Waals surface area (Å²) in [6.45, 7) is 1.31. The van der Waals surface area contributed by atoms with Gasteiger partial charge in [-0.05, 0) is 0 Å². The molecule has 0 unspecified atom stereocenters. The van der Waals surface area contributed by atoms with Gasteiger partial charge in [-0.2, -0.15) is 4.98 Å². The SMILES string of the molecule is COCCNc1nccc(OC)n1. The maximum absolute atomic E-state index is 4.94. The minimum Gasteiger partial charge on any atom is -0.481 e. The van der Waals surface area contributed by atoms with Gasteiger partial charge in [0.2, 0.25) is 11.8 Å². The lowest BCUT2D eigenvalue weighted by atomic mass is 10.6. The van der Waals surface area contributed by atoms with Gasteiger partial charge in [0.25, 0.3) is 0 Å². The summed E-state index contributed by atoms with van der Waals surface area (Å²) in [4.78, 5) is 8.06. The molecule has 1 rings (SSSR count). The van der Waals surface area contributed by atoms with Gasteiger partial charge >= 0.3 is 0 Å². The monoisotopic (exact) mass is 183 g/mol. The van der Waals surface area contributed by atoms with Gasteiger partial charge < -0.3 is 14.8 Å². The van der Waals surface area contributed by atoms with Crippen LogP contribution < -0.4 is 10.1 Å². The minimum absolute atomic E-state index is 0.551. The summed E-state index contributed by atoms with van der Waals surface area (Å²) in [5, 5.41) is 2.99. The third-order valence-electron chi connectivity index (χ3n) is 1.43. The van der Waals surface area contributed by atoms with Crippen molar-refractivity contribution in [3.63, 3.8) is 0 Å². The number of aromatic nitrogens is 2. The van der Waals surface area contributed by atoms with Crippen LogP contribution in [0.3, 0.4) is 0 Å². The molecule has 0 radical (unpaired) electrons. The summed E-state index contributed by atoms with van der Waals surface area (Å²) >= 11 is 0. The van der Waals surface area contributed by atoms with E-state index in [2.05, 4.69) is 15.3 Å². The number of hydrogen-bond acceptors (Lipinski definition) is 5. The van der Waals surface area contributed by atoms with Crippen molar-refractivity contribution in [1.82, 2.24) is 9.97 Å². The Morgan fingerprint density at radius 1 is 1.46 bits per heavy atom. The molecule has 1 heterocycles. The first-order valence-corrected chi connectivity index (χ1v) is 3.96. The maximum Gasteiger partial charge on any atom is 0.226 e. The number of anilines is 1. The molecular weight excluding hydrogens is 170 g/mol. The van der Waals surface area contributed by atoms with Crippen molar-refractivity contribution in [3.05, 3.63) is 12.3 Å². The number of methoxy groups -OCH3 is 2. The molecule has 13 heavy (non-hydrogen) atoms. The molecule has 0 fully saturated rings. The first-order chi connectivity index (χ1) is 6.36. The third-order valence-corrected chi connectivity index (χ3v) is 1.43. The molecule has 1 N–H and O–H groups in total. The lowest BCUT2D eigenvalue weighted by Gasteiger charge is -2.04. The van der Waals surface area contributed by atoms with E-state index in [1.165, 1.54) is 0 Å². The molecule has 5 nitrogen and oxygen atoms in total. The van der Waals surface area contributed by atoms with Crippen LogP contribution in [0.4, 0.5) is 5.95 Å². The molecule has 5 heteroatoms. The molecule has 0 aliphatic carbocycles. The Hall–Kier alpha value is -1.36. The Morgan fingerprint density at radius 2 is 2.31 bits per heavy atom. The Morgan fingerprint density at radius 3 is 3.00 bits per heavy atom. The summed E-state index contributed by atoms with van der Waals surface area (Å²) in [6.07, 6.45) is 1.64. The van der Waals surface area contributed by atoms with E-state index in [0.717, 1.165) is 0 Å². The number of nitrogens with one attached hydrogen (secondary N) is 1. The molecule has 1 aromatic heterocycles. The zero-order valence-electron chi connectivity index (χ0n) is 7.78. The Kier molecular flexibility index (Phi) is 3.98. The summed E-state index contributed by atoms with van der Waals surface area (Å²) in [7, 11) is 3.22. The molecule has 0 aromatic carbocycles. The van der Waals surface area contributed by atoms with Gasteiger partial charge in [-0.15, -0.1) is 0 Å². The van der Waals surface area contributed by atoms with Crippen molar-refractivity contribution in [1.29, 1.82) is 0 Å². The molecule has 0 saturated heterocycles.